The van der Waals surface area contributed by atoms with Crippen molar-refractivity contribution >= 4 is 5.91 Å². The van der Waals surface area contributed by atoms with Gasteiger partial charge in [0.2, 0.25) is 5.91 Å². The van der Waals surface area contributed by atoms with Crippen molar-refractivity contribution < 1.29 is 4.79 Å². The number of nitrogens with zero attached hydrogens (tertiary/aromatic N) is 1. The normalized spacial score (nSPS) is 18.5. The Morgan fingerprint density at radius 1 is 1.29 bits per heavy atom. The molecule has 1 amide bonds. The van der Waals surface area contributed by atoms with Crippen LogP contribution in [-0.2, 0) is 4.79 Å². The van der Waals surface area contributed by atoms with Gasteiger partial charge in [-0.1, -0.05) is 0 Å². The third kappa shape index (κ3) is 4.61. The summed E-state index contributed by atoms with van der Waals surface area (Å²) in [6.45, 7) is 9.30. The number of hydrogen-bond donors (Lipinski definition) is 1. The van der Waals surface area contributed by atoms with Gasteiger partial charge in [0.1, 0.15) is 0 Å². The van der Waals surface area contributed by atoms with E-state index in [1.54, 1.807) is 0 Å². The Kier molecular flexibility index (Phi) is 3.93. The first kappa shape index (κ1) is 11.5. The highest BCUT2D eigenvalue weighted by molar-refractivity contribution is 5.76. The van der Waals surface area contributed by atoms with Crippen LogP contribution in [0.4, 0.5) is 0 Å². The molecule has 0 aromatic rings. The summed E-state index contributed by atoms with van der Waals surface area (Å²) in [6, 6.07) is 0. The lowest BCUT2D eigenvalue weighted by Gasteiger charge is -2.21. The van der Waals surface area contributed by atoms with E-state index in [9.17, 15) is 4.79 Å². The minimum absolute atomic E-state index is 0.0951. The van der Waals surface area contributed by atoms with Crippen LogP contribution < -0.4 is 5.32 Å². The molecule has 1 fully saturated rings. The van der Waals surface area contributed by atoms with Gasteiger partial charge in [-0.05, 0) is 46.7 Å². The first-order valence-corrected chi connectivity index (χ1v) is 5.51. The number of rotatable bonds is 3. The van der Waals surface area contributed by atoms with E-state index in [4.69, 9.17) is 0 Å². The molecule has 3 nitrogen and oxygen atoms in total. The molecule has 0 aromatic carbocycles. The molecule has 82 valence electrons. The molecule has 1 aliphatic rings. The molecule has 3 heteroatoms. The Balaban J connectivity index is 2.14. The Hall–Kier alpha value is -0.570. The van der Waals surface area contributed by atoms with Crippen LogP contribution >= 0.6 is 0 Å². The largest absolute Gasteiger partial charge is 0.351 e. The van der Waals surface area contributed by atoms with E-state index in [1.807, 2.05) is 20.8 Å². The predicted molar refractivity (Wildman–Crippen MR) is 58.2 cm³/mol. The smallest absolute Gasteiger partial charge is 0.221 e. The van der Waals surface area contributed by atoms with E-state index in [0.717, 1.165) is 6.54 Å². The van der Waals surface area contributed by atoms with Gasteiger partial charge in [0.05, 0.1) is 0 Å². The molecule has 0 spiro atoms. The Morgan fingerprint density at radius 3 is 2.36 bits per heavy atom. The average molecular weight is 198 g/mol. The summed E-state index contributed by atoms with van der Waals surface area (Å²) in [7, 11) is 0. The van der Waals surface area contributed by atoms with Crippen molar-refractivity contribution in [2.45, 2.75) is 45.6 Å². The van der Waals surface area contributed by atoms with Gasteiger partial charge in [0.25, 0.3) is 0 Å². The lowest BCUT2D eigenvalue weighted by atomic mass is 10.1. The fraction of sp³-hybridized carbons (Fsp3) is 0.909. The van der Waals surface area contributed by atoms with Gasteiger partial charge in [0.15, 0.2) is 0 Å². The van der Waals surface area contributed by atoms with Crippen molar-refractivity contribution in [1.29, 1.82) is 0 Å². The highest BCUT2D eigenvalue weighted by atomic mass is 16.1. The van der Waals surface area contributed by atoms with Gasteiger partial charge < -0.3 is 10.2 Å². The standard InChI is InChI=1S/C11H22N2O/c1-11(2,3)12-10(14)6-9-13-7-4-5-8-13/h4-9H2,1-3H3,(H,12,14). The summed E-state index contributed by atoms with van der Waals surface area (Å²) in [5.74, 6) is 0.171. The fourth-order valence-corrected chi connectivity index (χ4v) is 1.75. The van der Waals surface area contributed by atoms with Crippen LogP contribution in [0.15, 0.2) is 0 Å². The van der Waals surface area contributed by atoms with E-state index in [0.29, 0.717) is 6.42 Å². The van der Waals surface area contributed by atoms with Crippen LogP contribution in [0.3, 0.4) is 0 Å². The Bertz CT molecular complexity index is 190. The molecule has 1 rings (SSSR count). The molecule has 0 radical (unpaired) electrons. The topological polar surface area (TPSA) is 32.3 Å². The zero-order valence-corrected chi connectivity index (χ0v) is 9.60. The van der Waals surface area contributed by atoms with Crippen LogP contribution in [0, 0.1) is 0 Å². The van der Waals surface area contributed by atoms with E-state index in [-0.39, 0.29) is 11.4 Å². The Morgan fingerprint density at radius 2 is 1.86 bits per heavy atom. The third-order valence-electron chi connectivity index (χ3n) is 2.37. The molecule has 0 unspecified atom stereocenters. The highest BCUT2D eigenvalue weighted by Gasteiger charge is 2.16. The maximum absolute atomic E-state index is 11.5. The van der Waals surface area contributed by atoms with Crippen molar-refractivity contribution in [2.75, 3.05) is 19.6 Å². The van der Waals surface area contributed by atoms with Crippen molar-refractivity contribution in [3.63, 3.8) is 0 Å². The lowest BCUT2D eigenvalue weighted by Crippen LogP contribution is -2.41. The second-order valence-electron chi connectivity index (χ2n) is 5.10. The minimum atomic E-state index is -0.0951. The Labute approximate surface area is 86.9 Å². The first-order chi connectivity index (χ1) is 6.47. The average Bonchev–Trinajstić information content (AvgIpc) is 2.49. The van der Waals surface area contributed by atoms with Crippen molar-refractivity contribution in [1.82, 2.24) is 10.2 Å². The molecule has 14 heavy (non-hydrogen) atoms. The number of carbonyl (C=O) groups is 1. The number of nitrogens with one attached hydrogen (secondary N) is 1. The van der Waals surface area contributed by atoms with Crippen molar-refractivity contribution in [3.8, 4) is 0 Å². The molecule has 0 bridgehead atoms. The fourth-order valence-electron chi connectivity index (χ4n) is 1.75. The number of amides is 1. The number of hydrogen-bond acceptors (Lipinski definition) is 2. The molecule has 0 aliphatic carbocycles. The van der Waals surface area contributed by atoms with Gasteiger partial charge in [-0.15, -0.1) is 0 Å². The van der Waals surface area contributed by atoms with Crippen LogP contribution in [-0.4, -0.2) is 36.0 Å². The van der Waals surface area contributed by atoms with E-state index in [1.165, 1.54) is 25.9 Å². The van der Waals surface area contributed by atoms with Gasteiger partial charge in [-0.2, -0.15) is 0 Å². The number of likely N-dealkylation sites (tertiary alicyclic amines) is 1. The van der Waals surface area contributed by atoms with Crippen LogP contribution in [0.25, 0.3) is 0 Å². The molecule has 1 saturated heterocycles. The maximum Gasteiger partial charge on any atom is 0.221 e. The summed E-state index contributed by atoms with van der Waals surface area (Å²) in [6.07, 6.45) is 3.22. The monoisotopic (exact) mass is 198 g/mol. The van der Waals surface area contributed by atoms with Gasteiger partial charge in [-0.25, -0.2) is 0 Å². The van der Waals surface area contributed by atoms with Gasteiger partial charge >= 0.3 is 0 Å². The SMILES string of the molecule is CC(C)(C)NC(=O)CCN1CCCC1. The molecule has 0 saturated carbocycles. The molecule has 1 N–H and O–H groups in total. The summed E-state index contributed by atoms with van der Waals surface area (Å²) < 4.78 is 0. The predicted octanol–water partition coefficient (Wildman–Crippen LogP) is 1.39. The zero-order chi connectivity index (χ0) is 10.6. The van der Waals surface area contributed by atoms with Crippen molar-refractivity contribution in [3.05, 3.63) is 0 Å². The van der Waals surface area contributed by atoms with E-state index in [2.05, 4.69) is 10.2 Å². The quantitative estimate of drug-likeness (QED) is 0.743. The molecule has 1 heterocycles. The minimum Gasteiger partial charge on any atom is -0.351 e. The summed E-state index contributed by atoms with van der Waals surface area (Å²) >= 11 is 0. The van der Waals surface area contributed by atoms with Gasteiger partial charge in [-0.3, -0.25) is 4.79 Å². The highest BCUT2D eigenvalue weighted by Crippen LogP contribution is 2.07. The second kappa shape index (κ2) is 4.78. The van der Waals surface area contributed by atoms with Crippen molar-refractivity contribution in [2.24, 2.45) is 0 Å². The first-order valence-electron chi connectivity index (χ1n) is 5.51. The van der Waals surface area contributed by atoms with Crippen LogP contribution in [0.5, 0.6) is 0 Å². The molecule has 0 atom stereocenters. The molecular formula is C11H22N2O. The number of carbonyl (C=O) groups excluding carboxylic acids is 1. The zero-order valence-electron chi connectivity index (χ0n) is 9.60. The lowest BCUT2D eigenvalue weighted by molar-refractivity contribution is -0.122. The molecule has 0 aromatic heterocycles. The van der Waals surface area contributed by atoms with Gasteiger partial charge in [0, 0.05) is 18.5 Å². The maximum atomic E-state index is 11.5. The van der Waals surface area contributed by atoms with E-state index >= 15 is 0 Å². The van der Waals surface area contributed by atoms with Crippen LogP contribution in [0.1, 0.15) is 40.0 Å². The third-order valence-corrected chi connectivity index (χ3v) is 2.37. The molecular weight excluding hydrogens is 176 g/mol. The van der Waals surface area contributed by atoms with E-state index < -0.39 is 0 Å². The summed E-state index contributed by atoms with van der Waals surface area (Å²) in [4.78, 5) is 13.8. The summed E-state index contributed by atoms with van der Waals surface area (Å²) in [5, 5.41) is 2.98. The second-order valence-corrected chi connectivity index (χ2v) is 5.10. The molecule has 1 aliphatic heterocycles. The summed E-state index contributed by atoms with van der Waals surface area (Å²) in [5.41, 5.74) is -0.0951. The van der Waals surface area contributed by atoms with Crippen LogP contribution in [0.2, 0.25) is 0 Å².